The van der Waals surface area contributed by atoms with Crippen molar-refractivity contribution in [3.8, 4) is 0 Å². The minimum atomic E-state index is -1.04. The molecule has 1 aromatic carbocycles. The Bertz CT molecular complexity index is 1080. The van der Waals surface area contributed by atoms with Gasteiger partial charge in [-0.25, -0.2) is 9.59 Å². The van der Waals surface area contributed by atoms with Gasteiger partial charge in [0.15, 0.2) is 12.4 Å². The van der Waals surface area contributed by atoms with Crippen molar-refractivity contribution in [1.29, 1.82) is 0 Å². The van der Waals surface area contributed by atoms with E-state index in [4.69, 9.17) is 9.15 Å². The number of ether oxygens (including phenoxy) is 1. The highest BCUT2D eigenvalue weighted by atomic mass is 16.5. The number of nitrogens with one attached hydrogen (secondary N) is 3. The monoisotopic (exact) mass is 493 g/mol. The summed E-state index contributed by atoms with van der Waals surface area (Å²) in [4.78, 5) is 50.2. The molecule has 4 amide bonds. The summed E-state index contributed by atoms with van der Waals surface area (Å²) in [5.41, 5.74) is 0.575. The summed E-state index contributed by atoms with van der Waals surface area (Å²) in [7, 11) is 0. The van der Waals surface area contributed by atoms with Gasteiger partial charge >= 0.3 is 12.0 Å². The SMILES string of the molecule is O=C(COC(=O)[C@H](Cc1ccccc1)NC(=O)c1ccco1)NC(=O)NC12CC3CC(CC(C3)C1)C2. The Balaban J connectivity index is 1.14. The maximum atomic E-state index is 12.8. The largest absolute Gasteiger partial charge is 0.459 e. The molecule has 4 bridgehead atoms. The normalized spacial score (nSPS) is 26.6. The van der Waals surface area contributed by atoms with Crippen LogP contribution in [0.4, 0.5) is 4.79 Å². The van der Waals surface area contributed by atoms with Gasteiger partial charge in [-0.2, -0.15) is 0 Å². The molecule has 9 nitrogen and oxygen atoms in total. The van der Waals surface area contributed by atoms with E-state index in [1.807, 2.05) is 30.3 Å². The van der Waals surface area contributed by atoms with Crippen molar-refractivity contribution >= 4 is 23.8 Å². The second kappa shape index (κ2) is 10.2. The van der Waals surface area contributed by atoms with Crippen LogP contribution in [0.15, 0.2) is 53.1 Å². The summed E-state index contributed by atoms with van der Waals surface area (Å²) in [6.07, 6.45) is 8.16. The smallest absolute Gasteiger partial charge is 0.329 e. The van der Waals surface area contributed by atoms with Crippen LogP contribution < -0.4 is 16.0 Å². The van der Waals surface area contributed by atoms with Crippen LogP contribution in [0.1, 0.15) is 54.6 Å². The van der Waals surface area contributed by atoms with Gasteiger partial charge in [-0.15, -0.1) is 0 Å². The Labute approximate surface area is 209 Å². The molecule has 36 heavy (non-hydrogen) atoms. The Kier molecular flexibility index (Phi) is 6.80. The fraction of sp³-hybridized carbons (Fsp3) is 0.481. The first kappa shape index (κ1) is 24.1. The molecule has 4 saturated carbocycles. The van der Waals surface area contributed by atoms with Gasteiger partial charge in [-0.05, 0) is 74.0 Å². The molecular formula is C27H31N3O6. The molecule has 3 N–H and O–H groups in total. The van der Waals surface area contributed by atoms with E-state index >= 15 is 0 Å². The van der Waals surface area contributed by atoms with E-state index in [-0.39, 0.29) is 17.7 Å². The van der Waals surface area contributed by atoms with Gasteiger partial charge in [0.05, 0.1) is 6.26 Å². The van der Waals surface area contributed by atoms with Crippen LogP contribution in [0.2, 0.25) is 0 Å². The first-order chi connectivity index (χ1) is 17.4. The molecule has 4 fully saturated rings. The molecular weight excluding hydrogens is 462 g/mol. The minimum Gasteiger partial charge on any atom is -0.459 e. The average molecular weight is 494 g/mol. The fourth-order valence-electron chi connectivity index (χ4n) is 6.62. The van der Waals surface area contributed by atoms with Gasteiger partial charge in [-0.1, -0.05) is 30.3 Å². The Morgan fingerprint density at radius 2 is 1.61 bits per heavy atom. The minimum absolute atomic E-state index is 0.0555. The molecule has 0 spiro atoms. The quantitative estimate of drug-likeness (QED) is 0.486. The Morgan fingerprint density at radius 3 is 2.22 bits per heavy atom. The van der Waals surface area contributed by atoms with Gasteiger partial charge in [0.2, 0.25) is 0 Å². The van der Waals surface area contributed by atoms with Crippen LogP contribution in [0.5, 0.6) is 0 Å². The van der Waals surface area contributed by atoms with Crippen molar-refractivity contribution in [3.63, 3.8) is 0 Å². The number of benzene rings is 1. The van der Waals surface area contributed by atoms with E-state index in [1.165, 1.54) is 31.6 Å². The highest BCUT2D eigenvalue weighted by Gasteiger charge is 2.51. The second-order valence-electron chi connectivity index (χ2n) is 10.5. The Hall–Kier alpha value is -3.62. The second-order valence-corrected chi connectivity index (χ2v) is 10.5. The highest BCUT2D eigenvalue weighted by Crippen LogP contribution is 2.55. The molecule has 2 aromatic rings. The number of rotatable bonds is 8. The molecule has 4 aliphatic rings. The van der Waals surface area contributed by atoms with Crippen molar-refractivity contribution in [2.75, 3.05) is 6.61 Å². The Morgan fingerprint density at radius 1 is 0.944 bits per heavy atom. The number of furan rings is 1. The summed E-state index contributed by atoms with van der Waals surface area (Å²) in [6.45, 7) is -0.630. The summed E-state index contributed by atoms with van der Waals surface area (Å²) in [6, 6.07) is 10.6. The van der Waals surface area contributed by atoms with Crippen molar-refractivity contribution in [3.05, 3.63) is 60.1 Å². The predicted octanol–water partition coefficient (Wildman–Crippen LogP) is 2.96. The first-order valence-electron chi connectivity index (χ1n) is 12.5. The van der Waals surface area contributed by atoms with Crippen LogP contribution in [0, 0.1) is 17.8 Å². The number of imide groups is 1. The summed E-state index contributed by atoms with van der Waals surface area (Å²) < 4.78 is 10.3. The van der Waals surface area contributed by atoms with Crippen LogP contribution in [-0.4, -0.2) is 42.0 Å². The molecule has 9 heteroatoms. The zero-order valence-electron chi connectivity index (χ0n) is 20.0. The highest BCUT2D eigenvalue weighted by molar-refractivity contribution is 5.97. The molecule has 1 heterocycles. The van der Waals surface area contributed by atoms with E-state index < -0.39 is 36.5 Å². The molecule has 190 valence electrons. The number of hydrogen-bond donors (Lipinski definition) is 3. The number of amides is 4. The fourth-order valence-corrected chi connectivity index (χ4v) is 6.62. The van der Waals surface area contributed by atoms with E-state index in [2.05, 4.69) is 16.0 Å². The molecule has 1 aromatic heterocycles. The summed E-state index contributed by atoms with van der Waals surface area (Å²) in [5, 5.41) is 7.95. The molecule has 0 unspecified atom stereocenters. The van der Waals surface area contributed by atoms with Gasteiger partial charge < -0.3 is 19.8 Å². The van der Waals surface area contributed by atoms with E-state index in [0.29, 0.717) is 17.8 Å². The lowest BCUT2D eigenvalue weighted by atomic mass is 9.53. The van der Waals surface area contributed by atoms with Crippen molar-refractivity contribution < 1.29 is 28.3 Å². The number of esters is 1. The standard InChI is InChI=1S/C27H31N3O6/c31-23(29-26(34)30-27-13-18-9-19(14-27)11-20(10-18)15-27)16-36-25(33)21(12-17-5-2-1-3-6-17)28-24(32)22-7-4-8-35-22/h1-8,18-21H,9-16H2,(H,28,32)(H2,29,30,31,34)/t18?,19?,20?,21-,27?/m0/s1. The molecule has 1 atom stereocenters. The topological polar surface area (TPSA) is 127 Å². The lowest BCUT2D eigenvalue weighted by Gasteiger charge is -2.56. The summed E-state index contributed by atoms with van der Waals surface area (Å²) >= 11 is 0. The van der Waals surface area contributed by atoms with E-state index in [9.17, 15) is 19.2 Å². The molecule has 6 rings (SSSR count). The molecule has 0 aliphatic heterocycles. The van der Waals surface area contributed by atoms with Gasteiger partial charge in [0.1, 0.15) is 6.04 Å². The number of hydrogen-bond acceptors (Lipinski definition) is 6. The predicted molar refractivity (Wildman–Crippen MR) is 129 cm³/mol. The van der Waals surface area contributed by atoms with Crippen LogP contribution in [0.3, 0.4) is 0 Å². The zero-order valence-corrected chi connectivity index (χ0v) is 20.0. The van der Waals surface area contributed by atoms with Gasteiger partial charge in [0, 0.05) is 12.0 Å². The van der Waals surface area contributed by atoms with Crippen LogP contribution >= 0.6 is 0 Å². The third-order valence-corrected chi connectivity index (χ3v) is 7.63. The lowest BCUT2D eigenvalue weighted by molar-refractivity contribution is -0.150. The van der Waals surface area contributed by atoms with Crippen molar-refractivity contribution in [1.82, 2.24) is 16.0 Å². The molecule has 0 saturated heterocycles. The van der Waals surface area contributed by atoms with Crippen LogP contribution in [0.25, 0.3) is 0 Å². The van der Waals surface area contributed by atoms with Gasteiger partial charge in [0.25, 0.3) is 11.8 Å². The number of urea groups is 1. The van der Waals surface area contributed by atoms with Crippen molar-refractivity contribution in [2.45, 2.75) is 56.5 Å². The van der Waals surface area contributed by atoms with Crippen LogP contribution in [-0.2, 0) is 20.7 Å². The van der Waals surface area contributed by atoms with Gasteiger partial charge in [-0.3, -0.25) is 14.9 Å². The lowest BCUT2D eigenvalue weighted by Crippen LogP contribution is -2.62. The zero-order chi connectivity index (χ0) is 25.1. The first-order valence-corrected chi connectivity index (χ1v) is 12.5. The molecule has 4 aliphatic carbocycles. The third kappa shape index (κ3) is 5.61. The summed E-state index contributed by atoms with van der Waals surface area (Å²) in [5.74, 6) is -0.0440. The maximum Gasteiger partial charge on any atom is 0.329 e. The van der Waals surface area contributed by atoms with E-state index in [0.717, 1.165) is 24.8 Å². The van der Waals surface area contributed by atoms with E-state index in [1.54, 1.807) is 6.07 Å². The molecule has 0 radical (unpaired) electrons. The average Bonchev–Trinajstić information content (AvgIpc) is 3.37. The number of carbonyl (C=O) groups is 4. The number of carbonyl (C=O) groups excluding carboxylic acids is 4. The third-order valence-electron chi connectivity index (χ3n) is 7.63. The maximum absolute atomic E-state index is 12.8. The van der Waals surface area contributed by atoms with Crippen molar-refractivity contribution in [2.24, 2.45) is 17.8 Å².